The Balaban J connectivity index is 1.75. The van der Waals surface area contributed by atoms with Gasteiger partial charge in [0, 0.05) is 5.39 Å². The number of rotatable bonds is 6. The molecule has 1 heterocycles. The predicted octanol–water partition coefficient (Wildman–Crippen LogP) is 3.90. The van der Waals surface area contributed by atoms with Crippen molar-refractivity contribution in [3.8, 4) is 11.5 Å². The Hall–Kier alpha value is -3.28. The van der Waals surface area contributed by atoms with E-state index in [1.165, 1.54) is 0 Å². The minimum Gasteiger partial charge on any atom is -0.482 e. The summed E-state index contributed by atoms with van der Waals surface area (Å²) >= 11 is 0. The van der Waals surface area contributed by atoms with Crippen molar-refractivity contribution in [1.82, 2.24) is 0 Å². The molecule has 26 heavy (non-hydrogen) atoms. The van der Waals surface area contributed by atoms with Crippen LogP contribution >= 0.6 is 0 Å². The van der Waals surface area contributed by atoms with Gasteiger partial charge in [0.05, 0.1) is 6.61 Å². The molecule has 0 aliphatic rings. The van der Waals surface area contributed by atoms with Gasteiger partial charge in [0.15, 0.2) is 6.61 Å². The molecule has 0 radical (unpaired) electrons. The summed E-state index contributed by atoms with van der Waals surface area (Å²) < 4.78 is 21.3. The highest BCUT2D eigenvalue weighted by Gasteiger charge is 2.20. The van der Waals surface area contributed by atoms with E-state index in [0.717, 1.165) is 0 Å². The molecule has 2 aromatic carbocycles. The Bertz CT molecular complexity index is 926. The lowest BCUT2D eigenvalue weighted by molar-refractivity contribution is -0.136. The fraction of sp³-hybridized carbons (Fsp3) is 0.200. The van der Waals surface area contributed by atoms with Gasteiger partial charge in [-0.25, -0.2) is 9.59 Å². The second-order valence-corrected chi connectivity index (χ2v) is 5.49. The maximum absolute atomic E-state index is 12.1. The molecule has 134 valence electrons. The van der Waals surface area contributed by atoms with Gasteiger partial charge in [-0.1, -0.05) is 18.2 Å². The van der Waals surface area contributed by atoms with Crippen molar-refractivity contribution in [3.05, 3.63) is 59.9 Å². The van der Waals surface area contributed by atoms with Crippen LogP contribution in [0.5, 0.6) is 11.5 Å². The number of hydrogen-bond donors (Lipinski definition) is 0. The van der Waals surface area contributed by atoms with E-state index in [1.807, 2.05) is 18.2 Å². The Morgan fingerprint density at radius 1 is 1.04 bits per heavy atom. The van der Waals surface area contributed by atoms with E-state index in [1.54, 1.807) is 44.2 Å². The molecule has 0 aliphatic carbocycles. The van der Waals surface area contributed by atoms with E-state index in [9.17, 15) is 9.59 Å². The van der Waals surface area contributed by atoms with Crippen LogP contribution in [-0.2, 0) is 9.53 Å². The molecular formula is C20H18O6. The third-order valence-electron chi connectivity index (χ3n) is 3.65. The van der Waals surface area contributed by atoms with Crippen molar-refractivity contribution in [2.45, 2.75) is 13.8 Å². The molecule has 0 bridgehead atoms. The number of ether oxygens (including phenoxy) is 3. The summed E-state index contributed by atoms with van der Waals surface area (Å²) in [6, 6.07) is 13.8. The van der Waals surface area contributed by atoms with Crippen molar-refractivity contribution >= 4 is 22.9 Å². The zero-order valence-electron chi connectivity index (χ0n) is 14.5. The monoisotopic (exact) mass is 354 g/mol. The van der Waals surface area contributed by atoms with E-state index in [-0.39, 0.29) is 13.2 Å². The number of para-hydroxylation sites is 1. The number of aryl methyl sites for hydroxylation is 1. The summed E-state index contributed by atoms with van der Waals surface area (Å²) in [6.07, 6.45) is 0. The predicted molar refractivity (Wildman–Crippen MR) is 94.5 cm³/mol. The lowest BCUT2D eigenvalue weighted by Crippen LogP contribution is -2.17. The first-order chi connectivity index (χ1) is 12.6. The fourth-order valence-electron chi connectivity index (χ4n) is 2.54. The average molecular weight is 354 g/mol. The van der Waals surface area contributed by atoms with Crippen LogP contribution in [0.3, 0.4) is 0 Å². The number of furan rings is 1. The van der Waals surface area contributed by atoms with Gasteiger partial charge >= 0.3 is 11.9 Å². The fourth-order valence-corrected chi connectivity index (χ4v) is 2.54. The van der Waals surface area contributed by atoms with Crippen LogP contribution in [0.1, 0.15) is 23.0 Å². The highest BCUT2D eigenvalue weighted by molar-refractivity contribution is 6.05. The topological polar surface area (TPSA) is 75.0 Å². The van der Waals surface area contributed by atoms with Crippen molar-refractivity contribution in [3.63, 3.8) is 0 Å². The quantitative estimate of drug-likeness (QED) is 0.494. The van der Waals surface area contributed by atoms with Gasteiger partial charge in [-0.3, -0.25) is 0 Å². The van der Waals surface area contributed by atoms with Gasteiger partial charge in [-0.15, -0.1) is 0 Å². The summed E-state index contributed by atoms with van der Waals surface area (Å²) in [4.78, 5) is 24.1. The van der Waals surface area contributed by atoms with E-state index < -0.39 is 11.9 Å². The second-order valence-electron chi connectivity index (χ2n) is 5.49. The van der Waals surface area contributed by atoms with Crippen LogP contribution in [-0.4, -0.2) is 25.2 Å². The molecule has 0 saturated carbocycles. The number of esters is 2. The van der Waals surface area contributed by atoms with Gasteiger partial charge in [0.1, 0.15) is 28.4 Å². The molecule has 0 atom stereocenters. The zero-order valence-corrected chi connectivity index (χ0v) is 14.5. The summed E-state index contributed by atoms with van der Waals surface area (Å²) in [5.74, 6) is 0.306. The van der Waals surface area contributed by atoms with Gasteiger partial charge in [0.2, 0.25) is 0 Å². The first-order valence-electron chi connectivity index (χ1n) is 8.17. The minimum absolute atomic E-state index is 0.225. The number of carbonyl (C=O) groups is 2. The molecule has 0 saturated heterocycles. The van der Waals surface area contributed by atoms with Gasteiger partial charge in [-0.05, 0) is 44.2 Å². The maximum Gasteiger partial charge on any atom is 0.349 e. The molecule has 0 spiro atoms. The molecule has 3 aromatic rings. The molecule has 6 heteroatoms. The van der Waals surface area contributed by atoms with E-state index in [2.05, 4.69) is 0 Å². The molecule has 0 N–H and O–H groups in total. The molecule has 3 rings (SSSR count). The summed E-state index contributed by atoms with van der Waals surface area (Å²) in [5, 5.41) is 0.537. The van der Waals surface area contributed by atoms with Crippen LogP contribution in [0.15, 0.2) is 52.9 Å². The normalized spacial score (nSPS) is 10.5. The number of benzene rings is 2. The first-order valence-corrected chi connectivity index (χ1v) is 8.17. The number of carbonyl (C=O) groups excluding carboxylic acids is 2. The van der Waals surface area contributed by atoms with Crippen LogP contribution < -0.4 is 9.47 Å². The molecule has 0 amide bonds. The van der Waals surface area contributed by atoms with Crippen LogP contribution in [0.4, 0.5) is 0 Å². The van der Waals surface area contributed by atoms with Crippen molar-refractivity contribution in [2.75, 3.05) is 13.2 Å². The third-order valence-corrected chi connectivity index (χ3v) is 3.65. The Kier molecular flexibility index (Phi) is 5.22. The van der Waals surface area contributed by atoms with Gasteiger partial charge in [-0.2, -0.15) is 0 Å². The van der Waals surface area contributed by atoms with Crippen LogP contribution in [0.25, 0.3) is 11.0 Å². The minimum atomic E-state index is -0.550. The molecular weight excluding hydrogens is 336 g/mol. The van der Waals surface area contributed by atoms with Crippen molar-refractivity contribution in [1.29, 1.82) is 0 Å². The SMILES string of the molecule is CCOC(=O)c1c(C)oc2ccc(OC(=O)COc3ccccc3)cc12. The van der Waals surface area contributed by atoms with E-state index in [4.69, 9.17) is 18.6 Å². The summed E-state index contributed by atoms with van der Waals surface area (Å²) in [7, 11) is 0. The zero-order chi connectivity index (χ0) is 18.5. The van der Waals surface area contributed by atoms with Gasteiger partial charge < -0.3 is 18.6 Å². The van der Waals surface area contributed by atoms with Crippen LogP contribution in [0, 0.1) is 6.92 Å². The van der Waals surface area contributed by atoms with E-state index in [0.29, 0.717) is 33.8 Å². The van der Waals surface area contributed by atoms with E-state index >= 15 is 0 Å². The average Bonchev–Trinajstić information content (AvgIpc) is 2.96. The standard InChI is InChI=1S/C20H18O6/c1-3-23-20(22)19-13(2)25-17-10-9-15(11-16(17)19)26-18(21)12-24-14-7-5-4-6-8-14/h4-11H,3,12H2,1-2H3. The summed E-state index contributed by atoms with van der Waals surface area (Å²) in [5.41, 5.74) is 0.853. The van der Waals surface area contributed by atoms with Crippen LogP contribution in [0.2, 0.25) is 0 Å². The maximum atomic E-state index is 12.1. The van der Waals surface area contributed by atoms with Crippen molar-refractivity contribution < 1.29 is 28.2 Å². The summed E-state index contributed by atoms with van der Waals surface area (Å²) in [6.45, 7) is 3.45. The Morgan fingerprint density at radius 2 is 1.81 bits per heavy atom. The highest BCUT2D eigenvalue weighted by Crippen LogP contribution is 2.29. The lowest BCUT2D eigenvalue weighted by atomic mass is 10.1. The number of fused-ring (bicyclic) bond motifs is 1. The molecule has 0 fully saturated rings. The van der Waals surface area contributed by atoms with Gasteiger partial charge in [0.25, 0.3) is 0 Å². The molecule has 0 aliphatic heterocycles. The lowest BCUT2D eigenvalue weighted by Gasteiger charge is -2.07. The Morgan fingerprint density at radius 3 is 2.54 bits per heavy atom. The molecule has 6 nitrogen and oxygen atoms in total. The first kappa shape index (κ1) is 17.5. The third kappa shape index (κ3) is 3.85. The largest absolute Gasteiger partial charge is 0.482 e. The molecule has 1 aromatic heterocycles. The molecule has 0 unspecified atom stereocenters. The van der Waals surface area contributed by atoms with Crippen molar-refractivity contribution in [2.24, 2.45) is 0 Å². The smallest absolute Gasteiger partial charge is 0.349 e. The number of hydrogen-bond acceptors (Lipinski definition) is 6. The highest BCUT2D eigenvalue weighted by atomic mass is 16.6. The second kappa shape index (κ2) is 7.74. The Labute approximate surface area is 150 Å².